The summed E-state index contributed by atoms with van der Waals surface area (Å²) in [6.45, 7) is 1.25. The van der Waals surface area contributed by atoms with Gasteiger partial charge in [-0.05, 0) is 0 Å². The number of rotatable bonds is 1. The first-order valence-electron chi connectivity index (χ1n) is 5.22. The normalized spacial score (nSPS) is 21.0. The number of hydrogen-bond acceptors (Lipinski definition) is 5. The fourth-order valence-electron chi connectivity index (χ4n) is 1.97. The Morgan fingerprint density at radius 3 is 2.75 bits per heavy atom. The Morgan fingerprint density at radius 2 is 2.00 bits per heavy atom. The molecule has 5 nitrogen and oxygen atoms in total. The zero-order chi connectivity index (χ0) is 11.0. The van der Waals surface area contributed by atoms with Crippen LogP contribution in [0.15, 0.2) is 12.3 Å². The average Bonchev–Trinajstić information content (AvgIpc) is 2.66. The van der Waals surface area contributed by atoms with Gasteiger partial charge in [-0.15, -0.1) is 0 Å². The summed E-state index contributed by atoms with van der Waals surface area (Å²) in [6.07, 6.45) is 3.61. The second-order valence-corrected chi connectivity index (χ2v) is 3.90. The van der Waals surface area contributed by atoms with E-state index in [-0.39, 0.29) is 0 Å². The summed E-state index contributed by atoms with van der Waals surface area (Å²) in [4.78, 5) is 14.5. The molecule has 1 spiro atoms. The summed E-state index contributed by atoms with van der Waals surface area (Å²) in [7, 11) is 0. The number of aldehydes is 1. The van der Waals surface area contributed by atoms with Gasteiger partial charge in [-0.1, -0.05) is 0 Å². The van der Waals surface area contributed by atoms with E-state index < -0.39 is 5.79 Å². The van der Waals surface area contributed by atoms with Crippen LogP contribution in [-0.4, -0.2) is 30.3 Å². The first-order valence-corrected chi connectivity index (χ1v) is 5.22. The number of fused-ring (bicyclic) bond motifs is 1. The molecule has 16 heavy (non-hydrogen) atoms. The highest BCUT2D eigenvalue weighted by atomic mass is 16.7. The van der Waals surface area contributed by atoms with E-state index in [9.17, 15) is 4.79 Å². The molecular formula is C11H11NO4. The number of hydrogen-bond donors (Lipinski definition) is 0. The Morgan fingerprint density at radius 1 is 1.25 bits per heavy atom. The molecule has 84 valence electrons. The molecule has 5 heteroatoms. The molecule has 0 saturated carbocycles. The summed E-state index contributed by atoms with van der Waals surface area (Å²) in [5.41, 5.74) is 0.353. The highest BCUT2D eigenvalue weighted by Crippen LogP contribution is 2.42. The molecule has 0 radical (unpaired) electrons. The van der Waals surface area contributed by atoms with Crippen molar-refractivity contribution in [1.82, 2.24) is 4.98 Å². The predicted octanol–water partition coefficient (Wildman–Crippen LogP) is 1.17. The third-order valence-corrected chi connectivity index (χ3v) is 2.82. The molecule has 1 fully saturated rings. The van der Waals surface area contributed by atoms with Gasteiger partial charge in [-0.25, -0.2) is 4.98 Å². The number of aromatic nitrogens is 1. The number of carbonyl (C=O) groups is 1. The summed E-state index contributed by atoms with van der Waals surface area (Å²) in [5, 5.41) is 0. The number of carbonyl (C=O) groups excluding carboxylic acids is 1. The van der Waals surface area contributed by atoms with Crippen LogP contribution in [0.4, 0.5) is 0 Å². The molecule has 0 amide bonds. The SMILES string of the molecule is O=Cc1cc2c(cn1)OC1(CCOCC1)O2. The molecule has 0 N–H and O–H groups in total. The van der Waals surface area contributed by atoms with E-state index in [1.54, 1.807) is 6.07 Å². The van der Waals surface area contributed by atoms with Crippen molar-refractivity contribution in [2.75, 3.05) is 13.2 Å². The van der Waals surface area contributed by atoms with Crippen molar-refractivity contribution in [3.05, 3.63) is 18.0 Å². The maximum atomic E-state index is 10.6. The molecule has 2 aliphatic heterocycles. The predicted molar refractivity (Wildman–Crippen MR) is 53.7 cm³/mol. The van der Waals surface area contributed by atoms with Gasteiger partial charge in [0.25, 0.3) is 5.79 Å². The van der Waals surface area contributed by atoms with Gasteiger partial charge in [-0.3, -0.25) is 4.79 Å². The van der Waals surface area contributed by atoms with Crippen LogP contribution in [0.5, 0.6) is 11.5 Å². The van der Waals surface area contributed by atoms with Gasteiger partial charge in [0.2, 0.25) is 0 Å². The summed E-state index contributed by atoms with van der Waals surface area (Å²) < 4.78 is 16.8. The van der Waals surface area contributed by atoms with Crippen molar-refractivity contribution in [3.63, 3.8) is 0 Å². The van der Waals surface area contributed by atoms with E-state index in [0.29, 0.717) is 49.5 Å². The monoisotopic (exact) mass is 221 g/mol. The summed E-state index contributed by atoms with van der Waals surface area (Å²) in [6, 6.07) is 1.60. The summed E-state index contributed by atoms with van der Waals surface area (Å²) in [5.74, 6) is 0.593. The van der Waals surface area contributed by atoms with Crippen LogP contribution in [0.1, 0.15) is 23.3 Å². The van der Waals surface area contributed by atoms with E-state index >= 15 is 0 Å². The molecule has 2 aliphatic rings. The molecule has 0 aliphatic carbocycles. The Balaban J connectivity index is 1.90. The van der Waals surface area contributed by atoms with Crippen molar-refractivity contribution in [3.8, 4) is 11.5 Å². The Kier molecular flexibility index (Phi) is 2.07. The van der Waals surface area contributed by atoms with Crippen LogP contribution < -0.4 is 9.47 Å². The molecule has 1 aromatic heterocycles. The van der Waals surface area contributed by atoms with Crippen LogP contribution in [0.25, 0.3) is 0 Å². The van der Waals surface area contributed by atoms with E-state index in [1.165, 1.54) is 6.20 Å². The Labute approximate surface area is 92.3 Å². The minimum absolute atomic E-state index is 0.353. The first-order chi connectivity index (χ1) is 7.81. The number of ether oxygens (including phenoxy) is 3. The third kappa shape index (κ3) is 1.44. The lowest BCUT2D eigenvalue weighted by atomic mass is 10.1. The zero-order valence-electron chi connectivity index (χ0n) is 8.64. The standard InChI is InChI=1S/C11H11NO4/c13-7-8-5-9-10(6-12-8)16-11(15-9)1-3-14-4-2-11/h5-7H,1-4H2. The third-order valence-electron chi connectivity index (χ3n) is 2.82. The van der Waals surface area contributed by atoms with Crippen molar-refractivity contribution >= 4 is 6.29 Å². The van der Waals surface area contributed by atoms with Crippen LogP contribution in [0.3, 0.4) is 0 Å². The molecule has 0 atom stereocenters. The number of nitrogens with zero attached hydrogens (tertiary/aromatic N) is 1. The van der Waals surface area contributed by atoms with Crippen molar-refractivity contribution < 1.29 is 19.0 Å². The zero-order valence-corrected chi connectivity index (χ0v) is 8.64. The van der Waals surface area contributed by atoms with Gasteiger partial charge in [0.05, 0.1) is 19.4 Å². The second-order valence-electron chi connectivity index (χ2n) is 3.90. The molecule has 1 aromatic rings. The minimum Gasteiger partial charge on any atom is -0.448 e. The highest BCUT2D eigenvalue weighted by molar-refractivity contribution is 5.73. The van der Waals surface area contributed by atoms with Gasteiger partial charge in [0.15, 0.2) is 17.8 Å². The molecule has 3 rings (SSSR count). The first kappa shape index (κ1) is 9.59. The van der Waals surface area contributed by atoms with Crippen LogP contribution >= 0.6 is 0 Å². The lowest BCUT2D eigenvalue weighted by Crippen LogP contribution is -2.43. The maximum Gasteiger partial charge on any atom is 0.256 e. The smallest absolute Gasteiger partial charge is 0.256 e. The van der Waals surface area contributed by atoms with Crippen molar-refractivity contribution in [2.24, 2.45) is 0 Å². The van der Waals surface area contributed by atoms with E-state index in [4.69, 9.17) is 14.2 Å². The Bertz CT molecular complexity index is 426. The van der Waals surface area contributed by atoms with Crippen LogP contribution in [0.2, 0.25) is 0 Å². The second kappa shape index (κ2) is 3.45. The lowest BCUT2D eigenvalue weighted by Gasteiger charge is -2.31. The van der Waals surface area contributed by atoms with E-state index in [0.717, 1.165) is 0 Å². The van der Waals surface area contributed by atoms with Crippen molar-refractivity contribution in [1.29, 1.82) is 0 Å². The largest absolute Gasteiger partial charge is 0.448 e. The maximum absolute atomic E-state index is 10.6. The highest BCUT2D eigenvalue weighted by Gasteiger charge is 2.43. The van der Waals surface area contributed by atoms with Gasteiger partial charge in [0.1, 0.15) is 5.69 Å². The van der Waals surface area contributed by atoms with Crippen molar-refractivity contribution in [2.45, 2.75) is 18.6 Å². The van der Waals surface area contributed by atoms with Gasteiger partial charge < -0.3 is 14.2 Å². The Hall–Kier alpha value is -1.62. The average molecular weight is 221 g/mol. The van der Waals surface area contributed by atoms with Crippen LogP contribution in [0, 0.1) is 0 Å². The van der Waals surface area contributed by atoms with Crippen LogP contribution in [-0.2, 0) is 4.74 Å². The molecule has 0 aromatic carbocycles. The van der Waals surface area contributed by atoms with E-state index in [1.807, 2.05) is 0 Å². The topological polar surface area (TPSA) is 57.7 Å². The summed E-state index contributed by atoms with van der Waals surface area (Å²) >= 11 is 0. The fraction of sp³-hybridized carbons (Fsp3) is 0.455. The molecule has 0 bridgehead atoms. The van der Waals surface area contributed by atoms with Gasteiger partial charge in [0, 0.05) is 18.9 Å². The number of pyridine rings is 1. The molecule has 1 saturated heterocycles. The lowest BCUT2D eigenvalue weighted by molar-refractivity contribution is -0.143. The fourth-order valence-corrected chi connectivity index (χ4v) is 1.97. The minimum atomic E-state index is -0.607. The molecular weight excluding hydrogens is 210 g/mol. The van der Waals surface area contributed by atoms with Gasteiger partial charge >= 0.3 is 0 Å². The van der Waals surface area contributed by atoms with E-state index in [2.05, 4.69) is 4.98 Å². The quantitative estimate of drug-likeness (QED) is 0.666. The molecule has 0 unspecified atom stereocenters. The van der Waals surface area contributed by atoms with Gasteiger partial charge in [-0.2, -0.15) is 0 Å². The molecule has 3 heterocycles.